The first-order valence-electron chi connectivity index (χ1n) is 7.26. The van der Waals surface area contributed by atoms with Crippen LogP contribution in [0.15, 0.2) is 12.1 Å². The minimum absolute atomic E-state index is 0.233. The van der Waals surface area contributed by atoms with Gasteiger partial charge >= 0.3 is 0 Å². The van der Waals surface area contributed by atoms with Gasteiger partial charge in [-0.25, -0.2) is 4.39 Å². The average molecular weight is 265 g/mol. The number of anilines is 1. The Hall–Kier alpha value is -1.09. The topological polar surface area (TPSA) is 23.5 Å². The summed E-state index contributed by atoms with van der Waals surface area (Å²) in [5, 5.41) is 9.88. The molecular formula is C16H24FNO. The van der Waals surface area contributed by atoms with E-state index in [0.29, 0.717) is 17.0 Å². The lowest BCUT2D eigenvalue weighted by Gasteiger charge is -2.36. The van der Waals surface area contributed by atoms with Crippen LogP contribution in [0, 0.1) is 18.7 Å². The molecule has 0 saturated carbocycles. The van der Waals surface area contributed by atoms with Crippen molar-refractivity contribution in [2.75, 3.05) is 18.0 Å². The molecule has 0 aromatic heterocycles. The van der Waals surface area contributed by atoms with Crippen LogP contribution in [-0.4, -0.2) is 18.2 Å². The summed E-state index contributed by atoms with van der Waals surface area (Å²) >= 11 is 0. The van der Waals surface area contributed by atoms with Gasteiger partial charge in [-0.15, -0.1) is 0 Å². The molecule has 1 heterocycles. The quantitative estimate of drug-likeness (QED) is 0.898. The molecule has 19 heavy (non-hydrogen) atoms. The number of rotatable bonds is 3. The lowest BCUT2D eigenvalue weighted by Crippen LogP contribution is -2.36. The molecule has 1 aromatic carbocycles. The number of aryl methyl sites for hydroxylation is 1. The highest BCUT2D eigenvalue weighted by Crippen LogP contribution is 2.32. The van der Waals surface area contributed by atoms with Crippen molar-refractivity contribution in [2.24, 2.45) is 5.92 Å². The number of nitrogens with zero attached hydrogens (tertiary/aromatic N) is 1. The van der Waals surface area contributed by atoms with Gasteiger partial charge in [-0.05, 0) is 50.3 Å². The van der Waals surface area contributed by atoms with Gasteiger partial charge < -0.3 is 10.0 Å². The van der Waals surface area contributed by atoms with E-state index in [2.05, 4.69) is 11.8 Å². The predicted octanol–water partition coefficient (Wildman–Crippen LogP) is 3.81. The summed E-state index contributed by atoms with van der Waals surface area (Å²) in [5.41, 5.74) is 2.37. The Labute approximate surface area is 115 Å². The molecule has 1 aromatic rings. The summed E-state index contributed by atoms with van der Waals surface area (Å²) in [6.07, 6.45) is 3.00. The number of piperidine rings is 1. The van der Waals surface area contributed by atoms with Crippen LogP contribution in [0.25, 0.3) is 0 Å². The minimum Gasteiger partial charge on any atom is -0.389 e. The van der Waals surface area contributed by atoms with Crippen molar-refractivity contribution < 1.29 is 9.50 Å². The molecule has 1 aliphatic rings. The molecule has 2 rings (SSSR count). The Kier molecular flexibility index (Phi) is 4.46. The van der Waals surface area contributed by atoms with Gasteiger partial charge in [0.15, 0.2) is 0 Å². The molecule has 2 nitrogen and oxygen atoms in total. The standard InChI is InChI=1S/C16H24FNO/c1-4-13-6-5-7-18(10-13)16-8-11(2)15(17)9-14(16)12(3)19/h8-9,12-13,19H,4-7,10H2,1-3H3. The van der Waals surface area contributed by atoms with E-state index in [1.165, 1.54) is 25.3 Å². The molecule has 0 radical (unpaired) electrons. The number of aliphatic hydroxyl groups excluding tert-OH is 1. The molecule has 3 heteroatoms. The molecule has 0 bridgehead atoms. The van der Waals surface area contributed by atoms with Crippen LogP contribution in [0.2, 0.25) is 0 Å². The van der Waals surface area contributed by atoms with Crippen molar-refractivity contribution in [1.29, 1.82) is 0 Å². The van der Waals surface area contributed by atoms with Crippen LogP contribution < -0.4 is 4.90 Å². The molecule has 0 aliphatic carbocycles. The summed E-state index contributed by atoms with van der Waals surface area (Å²) in [6, 6.07) is 3.38. The van der Waals surface area contributed by atoms with Gasteiger partial charge in [-0.2, -0.15) is 0 Å². The molecule has 2 atom stereocenters. The van der Waals surface area contributed by atoms with E-state index in [1.54, 1.807) is 13.8 Å². The van der Waals surface area contributed by atoms with Crippen LogP contribution in [-0.2, 0) is 0 Å². The third-order valence-electron chi connectivity index (χ3n) is 4.20. The second-order valence-corrected chi connectivity index (χ2v) is 5.70. The molecule has 106 valence electrons. The molecule has 2 unspecified atom stereocenters. The van der Waals surface area contributed by atoms with Crippen molar-refractivity contribution in [1.82, 2.24) is 0 Å². The van der Waals surface area contributed by atoms with Crippen LogP contribution >= 0.6 is 0 Å². The lowest BCUT2D eigenvalue weighted by atomic mass is 9.94. The van der Waals surface area contributed by atoms with Crippen LogP contribution in [0.3, 0.4) is 0 Å². The second kappa shape index (κ2) is 5.91. The van der Waals surface area contributed by atoms with Crippen LogP contribution in [0.1, 0.15) is 50.3 Å². The summed E-state index contributed by atoms with van der Waals surface area (Å²) < 4.78 is 13.7. The van der Waals surface area contributed by atoms with E-state index in [4.69, 9.17) is 0 Å². The molecule has 1 aliphatic heterocycles. The summed E-state index contributed by atoms with van der Waals surface area (Å²) in [4.78, 5) is 2.31. The maximum atomic E-state index is 13.7. The summed E-state index contributed by atoms with van der Waals surface area (Å²) in [5.74, 6) is 0.477. The Morgan fingerprint density at radius 1 is 1.47 bits per heavy atom. The number of hydrogen-bond acceptors (Lipinski definition) is 2. The third kappa shape index (κ3) is 3.08. The van der Waals surface area contributed by atoms with Gasteiger partial charge in [-0.3, -0.25) is 0 Å². The molecule has 1 saturated heterocycles. The fourth-order valence-electron chi connectivity index (χ4n) is 2.91. The fraction of sp³-hybridized carbons (Fsp3) is 0.625. The smallest absolute Gasteiger partial charge is 0.126 e. The van der Waals surface area contributed by atoms with E-state index >= 15 is 0 Å². The molecule has 0 amide bonds. The zero-order valence-corrected chi connectivity index (χ0v) is 12.1. The maximum Gasteiger partial charge on any atom is 0.126 e. The van der Waals surface area contributed by atoms with Crippen molar-refractivity contribution in [2.45, 2.75) is 46.1 Å². The van der Waals surface area contributed by atoms with Gasteiger partial charge in [-0.1, -0.05) is 13.3 Å². The van der Waals surface area contributed by atoms with Crippen LogP contribution in [0.5, 0.6) is 0 Å². The van der Waals surface area contributed by atoms with Crippen molar-refractivity contribution >= 4 is 5.69 Å². The van der Waals surface area contributed by atoms with Crippen molar-refractivity contribution in [3.05, 3.63) is 29.1 Å². The highest BCUT2D eigenvalue weighted by atomic mass is 19.1. The van der Waals surface area contributed by atoms with E-state index in [9.17, 15) is 9.50 Å². The highest BCUT2D eigenvalue weighted by Gasteiger charge is 2.22. The summed E-state index contributed by atoms with van der Waals surface area (Å²) in [7, 11) is 0. The number of aliphatic hydroxyl groups is 1. The van der Waals surface area contributed by atoms with Gasteiger partial charge in [0.1, 0.15) is 5.82 Å². The zero-order chi connectivity index (χ0) is 14.0. The molecule has 1 N–H and O–H groups in total. The van der Waals surface area contributed by atoms with Gasteiger partial charge in [0.05, 0.1) is 6.10 Å². The Morgan fingerprint density at radius 3 is 2.84 bits per heavy atom. The monoisotopic (exact) mass is 265 g/mol. The van der Waals surface area contributed by atoms with Gasteiger partial charge in [0.2, 0.25) is 0 Å². The van der Waals surface area contributed by atoms with Gasteiger partial charge in [0, 0.05) is 24.3 Å². The molecule has 1 fully saturated rings. The fourth-order valence-corrected chi connectivity index (χ4v) is 2.91. The maximum absolute atomic E-state index is 13.7. The highest BCUT2D eigenvalue weighted by molar-refractivity contribution is 5.57. The SMILES string of the molecule is CCC1CCCN(c2cc(C)c(F)cc2C(C)O)C1. The largest absolute Gasteiger partial charge is 0.389 e. The Bertz CT molecular complexity index is 445. The van der Waals surface area contributed by atoms with E-state index in [0.717, 1.165) is 18.8 Å². The van der Waals surface area contributed by atoms with Crippen molar-refractivity contribution in [3.8, 4) is 0 Å². The summed E-state index contributed by atoms with van der Waals surface area (Å²) in [6.45, 7) is 7.73. The van der Waals surface area contributed by atoms with Crippen LogP contribution in [0.4, 0.5) is 10.1 Å². The first kappa shape index (κ1) is 14.3. The first-order valence-corrected chi connectivity index (χ1v) is 7.26. The molecule has 0 spiro atoms. The number of halogens is 1. The lowest BCUT2D eigenvalue weighted by molar-refractivity contribution is 0.199. The van der Waals surface area contributed by atoms with E-state index in [1.807, 2.05) is 6.07 Å². The van der Waals surface area contributed by atoms with Crippen molar-refractivity contribution in [3.63, 3.8) is 0 Å². The minimum atomic E-state index is -0.632. The van der Waals surface area contributed by atoms with E-state index in [-0.39, 0.29) is 5.82 Å². The first-order chi connectivity index (χ1) is 9.02. The number of hydrogen-bond donors (Lipinski definition) is 1. The predicted molar refractivity (Wildman–Crippen MR) is 77.0 cm³/mol. The number of benzene rings is 1. The zero-order valence-electron chi connectivity index (χ0n) is 12.1. The molecular weight excluding hydrogens is 241 g/mol. The second-order valence-electron chi connectivity index (χ2n) is 5.70. The Balaban J connectivity index is 2.34. The van der Waals surface area contributed by atoms with E-state index < -0.39 is 6.10 Å². The third-order valence-corrected chi connectivity index (χ3v) is 4.20. The Morgan fingerprint density at radius 2 is 2.21 bits per heavy atom. The average Bonchev–Trinajstić information content (AvgIpc) is 2.41. The normalized spacial score (nSPS) is 21.5. The van der Waals surface area contributed by atoms with Gasteiger partial charge in [0.25, 0.3) is 0 Å².